The lowest BCUT2D eigenvalue weighted by Crippen LogP contribution is -2.17. The third-order valence-electron chi connectivity index (χ3n) is 2.83. The molecule has 5 heteroatoms. The van der Waals surface area contributed by atoms with Crippen molar-refractivity contribution in [2.75, 3.05) is 5.32 Å². The van der Waals surface area contributed by atoms with E-state index < -0.39 is 0 Å². The molecule has 0 saturated carbocycles. The summed E-state index contributed by atoms with van der Waals surface area (Å²) in [5.74, 6) is -0.125. The molecule has 1 amide bonds. The number of thioether (sulfide) groups is 1. The Morgan fingerprint density at radius 2 is 1.90 bits per heavy atom. The van der Waals surface area contributed by atoms with E-state index in [2.05, 4.69) is 5.32 Å². The van der Waals surface area contributed by atoms with E-state index >= 15 is 0 Å². The van der Waals surface area contributed by atoms with Crippen LogP contribution < -0.4 is 5.32 Å². The highest BCUT2D eigenvalue weighted by atomic mass is 35.5. The first kappa shape index (κ1) is 13.6. The standard InChI is InChI=1S/C15H9Cl2NOS/c16-10-6-5-9(11(17)8-10)7-14-15(19)18-12-3-1-2-4-13(12)20-14/h1-8H,(H,18,19)/b14-7-. The quantitative estimate of drug-likeness (QED) is 0.742. The number of amides is 1. The lowest BCUT2D eigenvalue weighted by molar-refractivity contribution is -0.112. The number of rotatable bonds is 1. The average Bonchev–Trinajstić information content (AvgIpc) is 2.42. The normalized spacial score (nSPS) is 15.9. The smallest absolute Gasteiger partial charge is 0.262 e. The molecule has 0 radical (unpaired) electrons. The van der Waals surface area contributed by atoms with Gasteiger partial charge in [0.2, 0.25) is 0 Å². The molecule has 100 valence electrons. The summed E-state index contributed by atoms with van der Waals surface area (Å²) in [6, 6.07) is 12.9. The molecule has 1 aliphatic heterocycles. The second-order valence-corrected chi connectivity index (χ2v) is 6.15. The van der Waals surface area contributed by atoms with Crippen molar-refractivity contribution in [2.24, 2.45) is 0 Å². The fraction of sp³-hybridized carbons (Fsp3) is 0. The van der Waals surface area contributed by atoms with Crippen LogP contribution in [0.5, 0.6) is 0 Å². The molecule has 0 bridgehead atoms. The zero-order chi connectivity index (χ0) is 14.1. The number of fused-ring (bicyclic) bond motifs is 1. The molecule has 2 aromatic rings. The number of halogens is 2. The molecule has 0 saturated heterocycles. The van der Waals surface area contributed by atoms with Gasteiger partial charge in [-0.3, -0.25) is 4.79 Å². The van der Waals surface area contributed by atoms with Gasteiger partial charge >= 0.3 is 0 Å². The highest BCUT2D eigenvalue weighted by molar-refractivity contribution is 8.04. The van der Waals surface area contributed by atoms with Crippen LogP contribution in [0.2, 0.25) is 10.0 Å². The van der Waals surface area contributed by atoms with Gasteiger partial charge < -0.3 is 5.32 Å². The number of carbonyl (C=O) groups is 1. The largest absolute Gasteiger partial charge is 0.320 e. The Balaban J connectivity index is 1.98. The Bertz CT molecular complexity index is 728. The van der Waals surface area contributed by atoms with Gasteiger partial charge in [0.15, 0.2) is 0 Å². The van der Waals surface area contributed by atoms with Gasteiger partial charge in [0, 0.05) is 14.9 Å². The number of nitrogens with one attached hydrogen (secondary N) is 1. The van der Waals surface area contributed by atoms with Crippen molar-refractivity contribution in [3.05, 3.63) is 63.0 Å². The van der Waals surface area contributed by atoms with Gasteiger partial charge in [-0.05, 0) is 35.9 Å². The summed E-state index contributed by atoms with van der Waals surface area (Å²) in [5, 5.41) is 3.96. The minimum absolute atomic E-state index is 0.125. The van der Waals surface area contributed by atoms with E-state index in [1.54, 1.807) is 24.3 Å². The molecular formula is C15H9Cl2NOS. The number of hydrogen-bond acceptors (Lipinski definition) is 2. The Morgan fingerprint density at radius 1 is 1.10 bits per heavy atom. The average molecular weight is 322 g/mol. The van der Waals surface area contributed by atoms with Crippen molar-refractivity contribution in [1.29, 1.82) is 0 Å². The molecule has 20 heavy (non-hydrogen) atoms. The van der Waals surface area contributed by atoms with Gasteiger partial charge in [-0.15, -0.1) is 0 Å². The summed E-state index contributed by atoms with van der Waals surface area (Å²) in [4.78, 5) is 13.7. The maximum Gasteiger partial charge on any atom is 0.262 e. The van der Waals surface area contributed by atoms with Crippen LogP contribution in [0.3, 0.4) is 0 Å². The molecule has 1 N–H and O–H groups in total. The SMILES string of the molecule is O=C1Nc2ccccc2S/C1=C\c1ccc(Cl)cc1Cl. The predicted molar refractivity (Wildman–Crippen MR) is 85.4 cm³/mol. The summed E-state index contributed by atoms with van der Waals surface area (Å²) in [7, 11) is 0. The molecule has 0 aliphatic carbocycles. The second kappa shape index (κ2) is 5.52. The summed E-state index contributed by atoms with van der Waals surface area (Å²) in [6.45, 7) is 0. The molecule has 0 aromatic heterocycles. The Morgan fingerprint density at radius 3 is 2.70 bits per heavy atom. The van der Waals surface area contributed by atoms with Crippen molar-refractivity contribution in [2.45, 2.75) is 4.90 Å². The third kappa shape index (κ3) is 2.70. The Hall–Kier alpha value is -1.42. The van der Waals surface area contributed by atoms with Crippen LogP contribution in [0, 0.1) is 0 Å². The van der Waals surface area contributed by atoms with E-state index in [4.69, 9.17) is 23.2 Å². The maximum absolute atomic E-state index is 12.1. The molecule has 3 rings (SSSR count). The summed E-state index contributed by atoms with van der Waals surface area (Å²) < 4.78 is 0. The van der Waals surface area contributed by atoms with Crippen molar-refractivity contribution in [3.8, 4) is 0 Å². The highest BCUT2D eigenvalue weighted by Crippen LogP contribution is 2.39. The zero-order valence-electron chi connectivity index (χ0n) is 10.2. The zero-order valence-corrected chi connectivity index (χ0v) is 12.5. The van der Waals surface area contributed by atoms with Gasteiger partial charge in [0.1, 0.15) is 0 Å². The van der Waals surface area contributed by atoms with Crippen LogP contribution in [0.1, 0.15) is 5.56 Å². The van der Waals surface area contributed by atoms with E-state index in [0.717, 1.165) is 16.1 Å². The van der Waals surface area contributed by atoms with Crippen LogP contribution in [-0.2, 0) is 4.79 Å². The molecule has 1 aliphatic rings. The van der Waals surface area contributed by atoms with Crippen LogP contribution >= 0.6 is 35.0 Å². The van der Waals surface area contributed by atoms with Gasteiger partial charge in [-0.25, -0.2) is 0 Å². The molecule has 0 spiro atoms. The number of benzene rings is 2. The Kier molecular flexibility index (Phi) is 3.74. The van der Waals surface area contributed by atoms with Gasteiger partial charge in [-0.2, -0.15) is 0 Å². The number of para-hydroxylation sites is 1. The summed E-state index contributed by atoms with van der Waals surface area (Å²) in [5.41, 5.74) is 1.61. The van der Waals surface area contributed by atoms with E-state index in [1.165, 1.54) is 11.8 Å². The highest BCUT2D eigenvalue weighted by Gasteiger charge is 2.20. The van der Waals surface area contributed by atoms with Crippen molar-refractivity contribution < 1.29 is 4.79 Å². The molecule has 0 atom stereocenters. The first-order chi connectivity index (χ1) is 9.63. The van der Waals surface area contributed by atoms with Crippen LogP contribution in [-0.4, -0.2) is 5.91 Å². The summed E-state index contributed by atoms with van der Waals surface area (Å²) in [6.07, 6.45) is 1.77. The van der Waals surface area contributed by atoms with E-state index in [0.29, 0.717) is 15.0 Å². The fourth-order valence-corrected chi connectivity index (χ4v) is 3.27. The van der Waals surface area contributed by atoms with E-state index in [1.807, 2.05) is 24.3 Å². The van der Waals surface area contributed by atoms with Crippen molar-refractivity contribution in [3.63, 3.8) is 0 Å². The predicted octanol–water partition coefficient (Wildman–Crippen LogP) is 5.08. The van der Waals surface area contributed by atoms with E-state index in [-0.39, 0.29) is 5.91 Å². The third-order valence-corrected chi connectivity index (χ3v) is 4.49. The van der Waals surface area contributed by atoms with Gasteiger partial charge in [0.25, 0.3) is 5.91 Å². The lowest BCUT2D eigenvalue weighted by atomic mass is 10.2. The minimum atomic E-state index is -0.125. The molecule has 0 fully saturated rings. The lowest BCUT2D eigenvalue weighted by Gasteiger charge is -2.18. The first-order valence-corrected chi connectivity index (χ1v) is 7.46. The van der Waals surface area contributed by atoms with Crippen molar-refractivity contribution in [1.82, 2.24) is 0 Å². The second-order valence-electron chi connectivity index (χ2n) is 4.23. The van der Waals surface area contributed by atoms with Gasteiger partial charge in [0.05, 0.1) is 10.6 Å². The monoisotopic (exact) mass is 321 g/mol. The van der Waals surface area contributed by atoms with Crippen LogP contribution in [0.25, 0.3) is 6.08 Å². The van der Waals surface area contributed by atoms with Crippen molar-refractivity contribution >= 4 is 52.6 Å². The first-order valence-electron chi connectivity index (χ1n) is 5.88. The number of anilines is 1. The fourth-order valence-electron chi connectivity index (χ4n) is 1.86. The molecule has 1 heterocycles. The molecule has 0 unspecified atom stereocenters. The molecule has 2 aromatic carbocycles. The van der Waals surface area contributed by atoms with E-state index in [9.17, 15) is 4.79 Å². The van der Waals surface area contributed by atoms with Crippen LogP contribution in [0.4, 0.5) is 5.69 Å². The van der Waals surface area contributed by atoms with Gasteiger partial charge in [-0.1, -0.05) is 53.2 Å². The van der Waals surface area contributed by atoms with Crippen LogP contribution in [0.15, 0.2) is 52.3 Å². The number of carbonyl (C=O) groups excluding carboxylic acids is 1. The Labute approximate surface area is 130 Å². The summed E-state index contributed by atoms with van der Waals surface area (Å²) >= 11 is 13.4. The molecular weight excluding hydrogens is 313 g/mol. The molecule has 2 nitrogen and oxygen atoms in total. The number of hydrogen-bond donors (Lipinski definition) is 1. The maximum atomic E-state index is 12.1. The topological polar surface area (TPSA) is 29.1 Å². The minimum Gasteiger partial charge on any atom is -0.320 e.